The summed E-state index contributed by atoms with van der Waals surface area (Å²) in [5, 5.41) is 8.89. The zero-order chi connectivity index (χ0) is 3.58. The maximum atomic E-state index is 8.89. The Morgan fingerprint density at radius 1 is 1.67 bits per heavy atom. The van der Waals surface area contributed by atoms with E-state index in [9.17, 15) is 0 Å². The van der Waals surface area contributed by atoms with E-state index < -0.39 is 5.97 Å². The van der Waals surface area contributed by atoms with Gasteiger partial charge in [0.1, 0.15) is 0 Å². The topological polar surface area (TPSA) is 70.1 Å². The first kappa shape index (κ1) is 16.7. The van der Waals surface area contributed by atoms with Crippen LogP contribution in [0.15, 0.2) is 0 Å². The molecule has 6 heavy (non-hydrogen) atoms. The summed E-state index contributed by atoms with van der Waals surface area (Å²) in [6, 6.07) is 0. The van der Waals surface area contributed by atoms with Crippen LogP contribution in [-0.2, 0) is 4.79 Å². The molecule has 3 nitrogen and oxygen atoms in total. The van der Waals surface area contributed by atoms with Gasteiger partial charge in [0.25, 0.3) is 0 Å². The summed E-state index contributed by atoms with van der Waals surface area (Å²) in [5.74, 6) is -1.08. The number of hydrogen-bond donors (Lipinski definition) is 0. The van der Waals surface area contributed by atoms with Gasteiger partial charge in [-0.25, -0.2) is 0 Å². The van der Waals surface area contributed by atoms with E-state index in [4.69, 9.17) is 9.90 Å². The molecule has 0 heterocycles. The average molecular weight is 103 g/mol. The molecule has 0 rings (SSSR count). The normalized spacial score (nSPS) is 4.17. The number of carbonyl (C=O) groups excluding carboxylic acids is 1. The van der Waals surface area contributed by atoms with Crippen molar-refractivity contribution in [2.75, 3.05) is 0 Å². The minimum Gasteiger partial charge on any atom is -0.870 e. The molecule has 0 aliphatic rings. The summed E-state index contributed by atoms with van der Waals surface area (Å²) in [7, 11) is 0. The predicted molar refractivity (Wildman–Crippen MR) is 18.4 cm³/mol. The van der Waals surface area contributed by atoms with Crippen molar-refractivity contribution >= 4 is 23.3 Å². The van der Waals surface area contributed by atoms with Gasteiger partial charge in [-0.3, -0.25) is 0 Å². The second-order valence-electron chi connectivity index (χ2n) is 0.492. The van der Waals surface area contributed by atoms with Crippen LogP contribution >= 0.6 is 0 Å². The zero-order valence-corrected chi connectivity index (χ0v) is 4.50. The third-order valence-corrected chi connectivity index (χ3v) is 0. The third kappa shape index (κ3) is 24700. The van der Waals surface area contributed by atoms with Crippen LogP contribution in [0.1, 0.15) is 6.92 Å². The smallest absolute Gasteiger partial charge is 0.870 e. The largest absolute Gasteiger partial charge is 2.00 e. The van der Waals surface area contributed by atoms with E-state index >= 15 is 0 Å². The second kappa shape index (κ2) is 8.88. The van der Waals surface area contributed by atoms with Crippen molar-refractivity contribution in [3.8, 4) is 0 Å². The molecule has 0 aliphatic heterocycles. The average Bonchev–Trinajstić information content (AvgIpc) is 0.811. The molecule has 0 fully saturated rings. The van der Waals surface area contributed by atoms with Crippen molar-refractivity contribution in [2.24, 2.45) is 0 Å². The number of carboxylic acid groups (broad SMARTS) is 1. The van der Waals surface area contributed by atoms with Crippen molar-refractivity contribution < 1.29 is 15.4 Å². The molecule has 0 aliphatic carbocycles. The second-order valence-corrected chi connectivity index (χ2v) is 0.492. The third-order valence-electron chi connectivity index (χ3n) is 0. The van der Waals surface area contributed by atoms with Crippen molar-refractivity contribution in [3.05, 3.63) is 0 Å². The Labute approximate surface area is 46.4 Å². The Balaban J connectivity index is -0.0000000450. The Hall–Kier alpha value is -0.0375. The summed E-state index contributed by atoms with van der Waals surface area (Å²) >= 11 is 0. The molecule has 0 saturated carbocycles. The molecule has 1 N–H and O–H groups in total. The van der Waals surface area contributed by atoms with Gasteiger partial charge in [0.2, 0.25) is 0 Å². The molecule has 0 spiro atoms. The fourth-order valence-corrected chi connectivity index (χ4v) is 0. The van der Waals surface area contributed by atoms with E-state index in [-0.39, 0.29) is 22.8 Å². The van der Waals surface area contributed by atoms with Crippen LogP contribution < -0.4 is 5.11 Å². The Morgan fingerprint density at radius 3 is 1.67 bits per heavy atom. The first-order chi connectivity index (χ1) is 1.73. The number of hydrogen-bond acceptors (Lipinski definition) is 3. The maximum Gasteiger partial charge on any atom is 2.00 e. The van der Waals surface area contributed by atoms with Crippen LogP contribution in [0.25, 0.3) is 0 Å². The van der Waals surface area contributed by atoms with Crippen LogP contribution in [0.3, 0.4) is 0 Å². The molecule has 0 amide bonds. The van der Waals surface area contributed by atoms with Gasteiger partial charge in [0.15, 0.2) is 0 Å². The summed E-state index contributed by atoms with van der Waals surface area (Å²) in [4.78, 5) is 8.89. The standard InChI is InChI=1S/C2H4O2.Al.H2O/c1-2(3)4;;/h1H3,(H,3,4);;1H2/q;+2;/p-2. The molecule has 0 atom stereocenters. The Morgan fingerprint density at radius 2 is 1.67 bits per heavy atom. The number of carboxylic acids is 1. The minimum absolute atomic E-state index is 0. The van der Waals surface area contributed by atoms with Crippen LogP contribution in [0, 0.1) is 0 Å². The molecule has 1 radical (unpaired) electrons. The van der Waals surface area contributed by atoms with Gasteiger partial charge in [0.05, 0.1) is 0 Å². The van der Waals surface area contributed by atoms with Crippen LogP contribution in [0.5, 0.6) is 0 Å². The molecule has 4 heteroatoms. The fraction of sp³-hybridized carbons (Fsp3) is 0.500. The Kier molecular flexibility index (Phi) is 24.8. The molecule has 33 valence electrons. The number of carbonyl (C=O) groups is 1. The van der Waals surface area contributed by atoms with Crippen molar-refractivity contribution in [2.45, 2.75) is 6.92 Å². The van der Waals surface area contributed by atoms with Crippen molar-refractivity contribution in [1.29, 1.82) is 0 Å². The van der Waals surface area contributed by atoms with Gasteiger partial charge < -0.3 is 15.4 Å². The van der Waals surface area contributed by atoms with Crippen LogP contribution in [-0.4, -0.2) is 28.8 Å². The molecule has 0 aromatic carbocycles. The van der Waals surface area contributed by atoms with Crippen molar-refractivity contribution in [3.63, 3.8) is 0 Å². The van der Waals surface area contributed by atoms with Crippen molar-refractivity contribution in [1.82, 2.24) is 0 Å². The van der Waals surface area contributed by atoms with E-state index in [0.717, 1.165) is 6.92 Å². The first-order valence-electron chi connectivity index (χ1n) is 0.908. The zero-order valence-electron chi connectivity index (χ0n) is 3.34. The first-order valence-corrected chi connectivity index (χ1v) is 0.908. The van der Waals surface area contributed by atoms with Gasteiger partial charge in [-0.2, -0.15) is 0 Å². The van der Waals surface area contributed by atoms with E-state index in [2.05, 4.69) is 0 Å². The van der Waals surface area contributed by atoms with Crippen LogP contribution in [0.4, 0.5) is 0 Å². The minimum atomic E-state index is -1.08. The summed E-state index contributed by atoms with van der Waals surface area (Å²) in [6.07, 6.45) is 0. The summed E-state index contributed by atoms with van der Waals surface area (Å²) in [6.45, 7) is 0.972. The SMILES string of the molecule is CC(=O)[O-].[Al+2].[OH-]. The monoisotopic (exact) mass is 103 g/mol. The van der Waals surface area contributed by atoms with E-state index in [1.54, 1.807) is 0 Å². The van der Waals surface area contributed by atoms with E-state index in [1.807, 2.05) is 0 Å². The molecule has 0 aromatic rings. The van der Waals surface area contributed by atoms with Crippen LogP contribution in [0.2, 0.25) is 0 Å². The van der Waals surface area contributed by atoms with Gasteiger partial charge in [0, 0.05) is 5.97 Å². The molecule has 0 aromatic heterocycles. The fourth-order valence-electron chi connectivity index (χ4n) is 0. The van der Waals surface area contributed by atoms with E-state index in [0.29, 0.717) is 0 Å². The number of rotatable bonds is 0. The van der Waals surface area contributed by atoms with Gasteiger partial charge in [-0.05, 0) is 6.92 Å². The molecule has 0 unspecified atom stereocenters. The van der Waals surface area contributed by atoms with E-state index in [1.165, 1.54) is 0 Å². The summed E-state index contributed by atoms with van der Waals surface area (Å²) in [5.41, 5.74) is 0. The van der Waals surface area contributed by atoms with Gasteiger partial charge in [-0.15, -0.1) is 0 Å². The van der Waals surface area contributed by atoms with Gasteiger partial charge >= 0.3 is 17.4 Å². The number of aliphatic carboxylic acids is 1. The molecular weight excluding hydrogens is 99.0 g/mol. The maximum absolute atomic E-state index is 8.89. The molecule has 0 saturated heterocycles. The molecule has 0 bridgehead atoms. The molecular formula is C2H4AlO3. The van der Waals surface area contributed by atoms with Gasteiger partial charge in [-0.1, -0.05) is 0 Å². The summed E-state index contributed by atoms with van der Waals surface area (Å²) < 4.78 is 0. The Bertz CT molecular complexity index is 31.8. The predicted octanol–water partition coefficient (Wildman–Crippen LogP) is -1.80. The quantitative estimate of drug-likeness (QED) is 0.339.